The van der Waals surface area contributed by atoms with Crippen molar-refractivity contribution in [2.45, 2.75) is 59.4 Å². The van der Waals surface area contributed by atoms with Crippen LogP contribution in [0.3, 0.4) is 0 Å². The van der Waals surface area contributed by atoms with Gasteiger partial charge in [-0.15, -0.1) is 0 Å². The second-order valence-electron chi connectivity index (χ2n) is 6.21. The Balaban J connectivity index is 4.06. The van der Waals surface area contributed by atoms with E-state index in [4.69, 9.17) is 0 Å². The quantitative estimate of drug-likeness (QED) is 0.516. The molecule has 1 atom stereocenters. The minimum atomic E-state index is -0.137. The van der Waals surface area contributed by atoms with E-state index in [1.54, 1.807) is 0 Å². The van der Waals surface area contributed by atoms with Crippen molar-refractivity contribution in [1.82, 2.24) is 15.1 Å². The normalized spacial score (nSPS) is 14.9. The molecule has 0 saturated heterocycles. The van der Waals surface area contributed by atoms with E-state index in [1.165, 1.54) is 13.0 Å². The third-order valence-corrected chi connectivity index (χ3v) is 4.42. The van der Waals surface area contributed by atoms with Gasteiger partial charge < -0.3 is 20.2 Å². The van der Waals surface area contributed by atoms with E-state index in [2.05, 4.69) is 49.7 Å². The Bertz CT molecular complexity index is 234. The predicted octanol–water partition coefficient (Wildman–Crippen LogP) is 2.18. The highest BCUT2D eigenvalue weighted by molar-refractivity contribution is 4.83. The van der Waals surface area contributed by atoms with Crippen LogP contribution in [0, 0.1) is 0 Å². The molecule has 21 heavy (non-hydrogen) atoms. The van der Waals surface area contributed by atoms with Crippen LogP contribution in [0.1, 0.15) is 53.9 Å². The smallest absolute Gasteiger partial charge is 0.0611 e. The summed E-state index contributed by atoms with van der Waals surface area (Å²) in [6.07, 6.45) is 3.34. The van der Waals surface area contributed by atoms with Crippen molar-refractivity contribution in [3.8, 4) is 0 Å². The maximum atomic E-state index is 9.62. The molecule has 0 fully saturated rings. The van der Waals surface area contributed by atoms with Gasteiger partial charge in [-0.05, 0) is 72.0 Å². The van der Waals surface area contributed by atoms with Crippen molar-refractivity contribution in [3.05, 3.63) is 0 Å². The topological polar surface area (TPSA) is 38.7 Å². The molecule has 1 unspecified atom stereocenters. The van der Waals surface area contributed by atoms with E-state index in [9.17, 15) is 5.11 Å². The molecule has 2 N–H and O–H groups in total. The van der Waals surface area contributed by atoms with Crippen molar-refractivity contribution in [3.63, 3.8) is 0 Å². The molecule has 0 spiro atoms. The Labute approximate surface area is 132 Å². The molecule has 0 bridgehead atoms. The number of nitrogens with one attached hydrogen (secondary N) is 1. The number of aliphatic hydroxyl groups is 1. The molecule has 0 aromatic heterocycles. The van der Waals surface area contributed by atoms with Crippen LogP contribution in [0.4, 0.5) is 0 Å². The zero-order valence-electron chi connectivity index (χ0n) is 15.1. The average molecular weight is 302 g/mol. The van der Waals surface area contributed by atoms with E-state index in [-0.39, 0.29) is 12.1 Å². The maximum absolute atomic E-state index is 9.62. The molecule has 0 aliphatic rings. The first-order valence-electron chi connectivity index (χ1n) is 8.85. The molecule has 0 radical (unpaired) electrons. The van der Waals surface area contributed by atoms with Crippen LogP contribution in [0.5, 0.6) is 0 Å². The van der Waals surface area contributed by atoms with Crippen LogP contribution in [-0.4, -0.2) is 72.9 Å². The molecule has 0 heterocycles. The summed E-state index contributed by atoms with van der Waals surface area (Å²) in [4.78, 5) is 4.99. The molecule has 0 aliphatic carbocycles. The minimum absolute atomic E-state index is 0.137. The molecule has 0 amide bonds. The minimum Gasteiger partial charge on any atom is -0.394 e. The van der Waals surface area contributed by atoms with Crippen molar-refractivity contribution in [2.24, 2.45) is 0 Å². The summed E-state index contributed by atoms with van der Waals surface area (Å²) in [7, 11) is 0. The molecular weight excluding hydrogens is 262 g/mol. The van der Waals surface area contributed by atoms with Gasteiger partial charge in [0.2, 0.25) is 0 Å². The number of nitrogens with zero attached hydrogens (tertiary/aromatic N) is 2. The Morgan fingerprint density at radius 1 is 0.905 bits per heavy atom. The summed E-state index contributed by atoms with van der Waals surface area (Å²) in [5.41, 5.74) is -0.137. The summed E-state index contributed by atoms with van der Waals surface area (Å²) in [6, 6.07) is 0. The second kappa shape index (κ2) is 12.4. The fourth-order valence-electron chi connectivity index (χ4n) is 2.54. The van der Waals surface area contributed by atoms with Gasteiger partial charge in [-0.2, -0.15) is 0 Å². The monoisotopic (exact) mass is 301 g/mol. The van der Waals surface area contributed by atoms with Crippen molar-refractivity contribution in [2.75, 3.05) is 52.4 Å². The first-order valence-corrected chi connectivity index (χ1v) is 8.85. The maximum Gasteiger partial charge on any atom is 0.0611 e. The lowest BCUT2D eigenvalue weighted by atomic mass is 9.98. The average Bonchev–Trinajstić information content (AvgIpc) is 2.52. The van der Waals surface area contributed by atoms with E-state index >= 15 is 0 Å². The third-order valence-electron chi connectivity index (χ3n) is 4.42. The van der Waals surface area contributed by atoms with Gasteiger partial charge in [0.1, 0.15) is 0 Å². The van der Waals surface area contributed by atoms with Crippen LogP contribution in [0.15, 0.2) is 0 Å². The van der Waals surface area contributed by atoms with E-state index in [0.717, 1.165) is 52.1 Å². The SMILES string of the molecule is CCCNC(C)(CO)CCN(CC)CCCN(CC)CC. The molecule has 4 heteroatoms. The van der Waals surface area contributed by atoms with Gasteiger partial charge in [0.05, 0.1) is 6.61 Å². The van der Waals surface area contributed by atoms with Crippen LogP contribution in [-0.2, 0) is 0 Å². The zero-order valence-corrected chi connectivity index (χ0v) is 15.1. The zero-order chi connectivity index (χ0) is 16.1. The molecule has 0 aromatic rings. The van der Waals surface area contributed by atoms with Gasteiger partial charge in [0, 0.05) is 5.54 Å². The lowest BCUT2D eigenvalue weighted by Crippen LogP contribution is -2.48. The summed E-state index contributed by atoms with van der Waals surface area (Å²) in [5.74, 6) is 0. The Morgan fingerprint density at radius 3 is 1.95 bits per heavy atom. The summed E-state index contributed by atoms with van der Waals surface area (Å²) in [5, 5.41) is 13.1. The molecule has 128 valence electrons. The Kier molecular flexibility index (Phi) is 12.3. The van der Waals surface area contributed by atoms with E-state index < -0.39 is 0 Å². The van der Waals surface area contributed by atoms with Crippen LogP contribution < -0.4 is 5.32 Å². The molecule has 0 saturated carbocycles. The largest absolute Gasteiger partial charge is 0.394 e. The van der Waals surface area contributed by atoms with Gasteiger partial charge in [0.25, 0.3) is 0 Å². The number of hydrogen-bond donors (Lipinski definition) is 2. The summed E-state index contributed by atoms with van der Waals surface area (Å²) >= 11 is 0. The second-order valence-corrected chi connectivity index (χ2v) is 6.21. The van der Waals surface area contributed by atoms with Crippen LogP contribution in [0.2, 0.25) is 0 Å². The first kappa shape index (κ1) is 20.8. The van der Waals surface area contributed by atoms with Crippen LogP contribution >= 0.6 is 0 Å². The molecule has 4 nitrogen and oxygen atoms in total. The standard InChI is InChI=1S/C17H39N3O/c1-6-12-18-17(5,16-21)11-15-20(9-4)14-10-13-19(7-2)8-3/h18,21H,6-16H2,1-5H3. The van der Waals surface area contributed by atoms with Gasteiger partial charge in [-0.1, -0.05) is 27.7 Å². The van der Waals surface area contributed by atoms with Gasteiger partial charge >= 0.3 is 0 Å². The van der Waals surface area contributed by atoms with Gasteiger partial charge in [-0.3, -0.25) is 0 Å². The summed E-state index contributed by atoms with van der Waals surface area (Å²) < 4.78 is 0. The molecule has 0 aromatic carbocycles. The third kappa shape index (κ3) is 9.46. The fraction of sp³-hybridized carbons (Fsp3) is 1.00. The van der Waals surface area contributed by atoms with Crippen LogP contribution in [0.25, 0.3) is 0 Å². The van der Waals surface area contributed by atoms with Gasteiger partial charge in [0.15, 0.2) is 0 Å². The van der Waals surface area contributed by atoms with Crippen molar-refractivity contribution >= 4 is 0 Å². The van der Waals surface area contributed by atoms with Crippen molar-refractivity contribution < 1.29 is 5.11 Å². The summed E-state index contributed by atoms with van der Waals surface area (Å²) in [6.45, 7) is 19.0. The van der Waals surface area contributed by atoms with Gasteiger partial charge in [-0.25, -0.2) is 0 Å². The lowest BCUT2D eigenvalue weighted by molar-refractivity contribution is 0.144. The molecule has 0 rings (SSSR count). The molecular formula is C17H39N3O. The predicted molar refractivity (Wildman–Crippen MR) is 92.9 cm³/mol. The lowest BCUT2D eigenvalue weighted by Gasteiger charge is -2.32. The van der Waals surface area contributed by atoms with E-state index in [1.807, 2.05) is 0 Å². The number of aliphatic hydroxyl groups excluding tert-OH is 1. The number of hydrogen-bond acceptors (Lipinski definition) is 4. The van der Waals surface area contributed by atoms with Crippen molar-refractivity contribution in [1.29, 1.82) is 0 Å². The Morgan fingerprint density at radius 2 is 1.48 bits per heavy atom. The first-order chi connectivity index (χ1) is 10.0. The fourth-order valence-corrected chi connectivity index (χ4v) is 2.54. The highest BCUT2D eigenvalue weighted by Crippen LogP contribution is 2.10. The highest BCUT2D eigenvalue weighted by Gasteiger charge is 2.22. The number of rotatable bonds is 14. The Hall–Kier alpha value is -0.160. The highest BCUT2D eigenvalue weighted by atomic mass is 16.3. The van der Waals surface area contributed by atoms with E-state index in [0.29, 0.717) is 0 Å². The molecule has 0 aliphatic heterocycles.